The van der Waals surface area contributed by atoms with Gasteiger partial charge in [0.2, 0.25) is 5.91 Å². The summed E-state index contributed by atoms with van der Waals surface area (Å²) in [6.45, 7) is 4.48. The lowest BCUT2D eigenvalue weighted by atomic mass is 10.0. The van der Waals surface area contributed by atoms with Crippen LogP contribution in [-0.4, -0.2) is 16.9 Å². The summed E-state index contributed by atoms with van der Waals surface area (Å²) in [7, 11) is 0. The average Bonchev–Trinajstić information content (AvgIpc) is 2.18. The van der Waals surface area contributed by atoms with Crippen molar-refractivity contribution in [3.05, 3.63) is 30.1 Å². The first-order valence-corrected chi connectivity index (χ1v) is 5.04. The first-order valence-electron chi connectivity index (χ1n) is 5.04. The molecule has 1 aromatic rings. The van der Waals surface area contributed by atoms with E-state index in [1.807, 2.05) is 32.0 Å². The van der Waals surface area contributed by atoms with Crippen LogP contribution >= 0.6 is 12.4 Å². The Hall–Kier alpha value is -1.13. The zero-order valence-corrected chi connectivity index (χ0v) is 10.3. The van der Waals surface area contributed by atoms with E-state index in [9.17, 15) is 4.79 Å². The number of halogens is 1. The molecule has 0 fully saturated rings. The highest BCUT2D eigenvalue weighted by molar-refractivity contribution is 5.85. The topological polar surface area (TPSA) is 68.0 Å². The molecule has 1 heterocycles. The Balaban J connectivity index is 0.00000225. The highest BCUT2D eigenvalue weighted by Crippen LogP contribution is 2.02. The third kappa shape index (κ3) is 4.59. The van der Waals surface area contributed by atoms with Gasteiger partial charge in [-0.15, -0.1) is 12.4 Å². The molecule has 0 saturated heterocycles. The summed E-state index contributed by atoms with van der Waals surface area (Å²) in [6, 6.07) is 5.38. The first kappa shape index (κ1) is 14.9. The molecule has 4 nitrogen and oxygen atoms in total. The van der Waals surface area contributed by atoms with E-state index in [1.165, 1.54) is 0 Å². The van der Waals surface area contributed by atoms with E-state index >= 15 is 0 Å². The number of rotatable bonds is 5. The average molecular weight is 244 g/mol. The zero-order valence-electron chi connectivity index (χ0n) is 9.51. The molecule has 0 aliphatic rings. The van der Waals surface area contributed by atoms with Crippen molar-refractivity contribution < 1.29 is 4.79 Å². The number of aromatic nitrogens is 1. The summed E-state index contributed by atoms with van der Waals surface area (Å²) in [4.78, 5) is 15.3. The molecule has 0 saturated carbocycles. The number of hydrogen-bond donors (Lipinski definition) is 2. The second-order valence-corrected chi connectivity index (χ2v) is 3.83. The molecule has 0 aliphatic heterocycles. The van der Waals surface area contributed by atoms with Crippen molar-refractivity contribution in [1.82, 2.24) is 10.3 Å². The summed E-state index contributed by atoms with van der Waals surface area (Å²) in [5.41, 5.74) is 6.19. The number of primary amides is 1. The van der Waals surface area contributed by atoms with E-state index in [-0.39, 0.29) is 30.3 Å². The Bertz CT molecular complexity index is 316. The molecule has 0 spiro atoms. The molecule has 1 unspecified atom stereocenters. The van der Waals surface area contributed by atoms with E-state index in [4.69, 9.17) is 5.73 Å². The summed E-state index contributed by atoms with van der Waals surface area (Å²) in [5, 5.41) is 3.10. The summed E-state index contributed by atoms with van der Waals surface area (Å²) >= 11 is 0. The molecule has 5 heteroatoms. The lowest BCUT2D eigenvalue weighted by Gasteiger charge is -2.18. The van der Waals surface area contributed by atoms with Crippen LogP contribution in [0.15, 0.2) is 24.4 Å². The molecule has 0 aliphatic carbocycles. The lowest BCUT2D eigenvalue weighted by molar-refractivity contribution is -0.121. The van der Waals surface area contributed by atoms with Gasteiger partial charge in [-0.3, -0.25) is 15.1 Å². The molecule has 0 radical (unpaired) electrons. The van der Waals surface area contributed by atoms with E-state index in [0.29, 0.717) is 6.54 Å². The number of hydrogen-bond acceptors (Lipinski definition) is 3. The third-order valence-corrected chi connectivity index (χ3v) is 2.20. The fraction of sp³-hybridized carbons (Fsp3) is 0.455. The Labute approximate surface area is 102 Å². The fourth-order valence-electron chi connectivity index (χ4n) is 1.38. The smallest absolute Gasteiger partial charge is 0.234 e. The zero-order chi connectivity index (χ0) is 11.3. The SMILES string of the molecule is CC(C)C(NCc1ccccn1)C(N)=O.Cl. The molecule has 0 aromatic carbocycles. The van der Waals surface area contributed by atoms with Gasteiger partial charge in [0, 0.05) is 12.7 Å². The van der Waals surface area contributed by atoms with Crippen LogP contribution in [0, 0.1) is 5.92 Å². The van der Waals surface area contributed by atoms with Gasteiger partial charge in [-0.05, 0) is 18.1 Å². The molecule has 0 bridgehead atoms. The second kappa shape index (κ2) is 7.19. The number of pyridine rings is 1. The summed E-state index contributed by atoms with van der Waals surface area (Å²) in [6.07, 6.45) is 1.73. The maximum absolute atomic E-state index is 11.1. The quantitative estimate of drug-likeness (QED) is 0.814. The van der Waals surface area contributed by atoms with Crippen molar-refractivity contribution in [1.29, 1.82) is 0 Å². The molecule has 1 atom stereocenters. The molecule has 16 heavy (non-hydrogen) atoms. The third-order valence-electron chi connectivity index (χ3n) is 2.20. The van der Waals surface area contributed by atoms with Crippen LogP contribution in [0.1, 0.15) is 19.5 Å². The number of nitrogens with zero attached hydrogens (tertiary/aromatic N) is 1. The fourth-order valence-corrected chi connectivity index (χ4v) is 1.38. The normalized spacial score (nSPS) is 11.9. The van der Waals surface area contributed by atoms with E-state index < -0.39 is 0 Å². The minimum Gasteiger partial charge on any atom is -0.368 e. The standard InChI is InChI=1S/C11H17N3O.ClH/c1-8(2)10(11(12)15)14-7-9-5-3-4-6-13-9;/h3-6,8,10,14H,7H2,1-2H3,(H2,12,15);1H. The lowest BCUT2D eigenvalue weighted by Crippen LogP contribution is -2.44. The largest absolute Gasteiger partial charge is 0.368 e. The first-order chi connectivity index (χ1) is 7.11. The van der Waals surface area contributed by atoms with Gasteiger partial charge in [0.25, 0.3) is 0 Å². The second-order valence-electron chi connectivity index (χ2n) is 3.83. The van der Waals surface area contributed by atoms with Gasteiger partial charge in [0.15, 0.2) is 0 Å². The van der Waals surface area contributed by atoms with Crippen LogP contribution < -0.4 is 11.1 Å². The number of carbonyl (C=O) groups is 1. The van der Waals surface area contributed by atoms with Gasteiger partial charge in [0.05, 0.1) is 11.7 Å². The van der Waals surface area contributed by atoms with Crippen molar-refractivity contribution >= 4 is 18.3 Å². The van der Waals surface area contributed by atoms with Crippen LogP contribution in [0.3, 0.4) is 0 Å². The molecular formula is C11H18ClN3O. The van der Waals surface area contributed by atoms with Gasteiger partial charge < -0.3 is 5.73 Å². The predicted octanol–water partition coefficient (Wildman–Crippen LogP) is 1.10. The van der Waals surface area contributed by atoms with Crippen molar-refractivity contribution in [3.8, 4) is 0 Å². The van der Waals surface area contributed by atoms with E-state index in [1.54, 1.807) is 6.20 Å². The molecule has 1 amide bonds. The number of nitrogens with one attached hydrogen (secondary N) is 1. The predicted molar refractivity (Wildman–Crippen MR) is 66.1 cm³/mol. The van der Waals surface area contributed by atoms with Crippen LogP contribution in [0.25, 0.3) is 0 Å². The van der Waals surface area contributed by atoms with Gasteiger partial charge in [0.1, 0.15) is 0 Å². The Kier molecular flexibility index (Phi) is 6.69. The molecule has 3 N–H and O–H groups in total. The van der Waals surface area contributed by atoms with Crippen LogP contribution in [-0.2, 0) is 11.3 Å². The van der Waals surface area contributed by atoms with E-state index in [0.717, 1.165) is 5.69 Å². The van der Waals surface area contributed by atoms with Crippen LogP contribution in [0.5, 0.6) is 0 Å². The van der Waals surface area contributed by atoms with Gasteiger partial charge in [-0.25, -0.2) is 0 Å². The minimum atomic E-state index is -0.319. The van der Waals surface area contributed by atoms with Crippen molar-refractivity contribution in [3.63, 3.8) is 0 Å². The highest BCUT2D eigenvalue weighted by atomic mass is 35.5. The van der Waals surface area contributed by atoms with Crippen molar-refractivity contribution in [2.24, 2.45) is 11.7 Å². The molecule has 1 rings (SSSR count). The van der Waals surface area contributed by atoms with Gasteiger partial charge in [-0.1, -0.05) is 19.9 Å². The van der Waals surface area contributed by atoms with Crippen molar-refractivity contribution in [2.75, 3.05) is 0 Å². The van der Waals surface area contributed by atoms with Gasteiger partial charge >= 0.3 is 0 Å². The molecule has 1 aromatic heterocycles. The Morgan fingerprint density at radius 1 is 1.50 bits per heavy atom. The Morgan fingerprint density at radius 3 is 2.62 bits per heavy atom. The molecular weight excluding hydrogens is 226 g/mol. The maximum Gasteiger partial charge on any atom is 0.234 e. The van der Waals surface area contributed by atoms with Crippen LogP contribution in [0.4, 0.5) is 0 Å². The number of nitrogens with two attached hydrogens (primary N) is 1. The maximum atomic E-state index is 11.1. The summed E-state index contributed by atoms with van der Waals surface area (Å²) in [5.74, 6) is -0.132. The van der Waals surface area contributed by atoms with E-state index in [2.05, 4.69) is 10.3 Å². The van der Waals surface area contributed by atoms with Crippen LogP contribution in [0.2, 0.25) is 0 Å². The number of carbonyl (C=O) groups excluding carboxylic acids is 1. The van der Waals surface area contributed by atoms with Gasteiger partial charge in [-0.2, -0.15) is 0 Å². The summed E-state index contributed by atoms with van der Waals surface area (Å²) < 4.78 is 0. The molecule has 90 valence electrons. The minimum absolute atomic E-state index is 0. The number of amides is 1. The highest BCUT2D eigenvalue weighted by Gasteiger charge is 2.18. The monoisotopic (exact) mass is 243 g/mol. The Morgan fingerprint density at radius 2 is 2.19 bits per heavy atom. The van der Waals surface area contributed by atoms with Crippen molar-refractivity contribution in [2.45, 2.75) is 26.4 Å².